The van der Waals surface area contributed by atoms with E-state index >= 15 is 0 Å². The lowest BCUT2D eigenvalue weighted by molar-refractivity contribution is -0.545. The van der Waals surface area contributed by atoms with Gasteiger partial charge in [-0.15, -0.1) is 0 Å². The Morgan fingerprint density at radius 2 is 2.07 bits per heavy atom. The molecule has 3 amide bonds. The van der Waals surface area contributed by atoms with Gasteiger partial charge >= 0.3 is 12.0 Å². The molecule has 1 aromatic carbocycles. The fourth-order valence-corrected chi connectivity index (χ4v) is 4.29. The monoisotopic (exact) mass is 412 g/mol. The van der Waals surface area contributed by atoms with Crippen molar-refractivity contribution >= 4 is 29.4 Å². The molecule has 8 heteroatoms. The zero-order valence-corrected chi connectivity index (χ0v) is 18.3. The summed E-state index contributed by atoms with van der Waals surface area (Å²) in [5, 5.41) is 0. The van der Waals surface area contributed by atoms with Crippen LogP contribution in [-0.4, -0.2) is 77.9 Å². The third kappa shape index (κ3) is 3.34. The van der Waals surface area contributed by atoms with Crippen LogP contribution in [0.4, 0.5) is 10.5 Å². The number of carbonyl (C=O) groups excluding carboxylic acids is 2. The molecule has 160 valence electrons. The lowest BCUT2D eigenvalue weighted by atomic mass is 10.1. The minimum absolute atomic E-state index is 0.174. The smallest absolute Gasteiger partial charge is 0.397 e. The lowest BCUT2D eigenvalue weighted by Gasteiger charge is -2.35. The van der Waals surface area contributed by atoms with Gasteiger partial charge in [-0.05, 0) is 24.5 Å². The number of guanidine groups is 1. The standard InChI is InChI=1S/C22H30N5O3/c1-14(2)9-10-25-20(28)18-19(24(4)22(25)29)23-21-26(12-15(3)13-27(18)21)16-7-6-8-17(11-16)30-5/h6-8,11,14-15,18H,9-10,12-13H2,1-5H3/q+1. The number of carbonyl (C=O) groups is 2. The Bertz CT molecular complexity index is 938. The van der Waals surface area contributed by atoms with Crippen LogP contribution < -0.4 is 9.64 Å². The molecule has 0 spiro atoms. The predicted molar refractivity (Wildman–Crippen MR) is 115 cm³/mol. The van der Waals surface area contributed by atoms with Gasteiger partial charge < -0.3 is 4.74 Å². The van der Waals surface area contributed by atoms with Gasteiger partial charge in [0.25, 0.3) is 5.91 Å². The summed E-state index contributed by atoms with van der Waals surface area (Å²) < 4.78 is 7.44. The predicted octanol–water partition coefficient (Wildman–Crippen LogP) is 2.24. The van der Waals surface area contributed by atoms with Gasteiger partial charge in [0, 0.05) is 25.6 Å². The van der Waals surface area contributed by atoms with E-state index in [4.69, 9.17) is 9.73 Å². The second-order valence-corrected chi connectivity index (χ2v) is 8.76. The quantitative estimate of drug-likeness (QED) is 0.696. The molecule has 30 heavy (non-hydrogen) atoms. The van der Waals surface area contributed by atoms with Crippen molar-refractivity contribution in [1.82, 2.24) is 9.80 Å². The van der Waals surface area contributed by atoms with Crippen LogP contribution in [0.15, 0.2) is 29.3 Å². The van der Waals surface area contributed by atoms with E-state index in [1.54, 1.807) is 14.2 Å². The minimum Gasteiger partial charge on any atom is -0.497 e. The molecule has 3 heterocycles. The fraction of sp³-hybridized carbons (Fsp3) is 0.545. The summed E-state index contributed by atoms with van der Waals surface area (Å²) in [6, 6.07) is 6.99. The highest BCUT2D eigenvalue weighted by Crippen LogP contribution is 2.29. The van der Waals surface area contributed by atoms with Crippen molar-refractivity contribution in [2.75, 3.05) is 38.7 Å². The molecule has 2 atom stereocenters. The van der Waals surface area contributed by atoms with Gasteiger partial charge in [-0.3, -0.25) is 14.6 Å². The molecule has 0 aromatic heterocycles. The summed E-state index contributed by atoms with van der Waals surface area (Å²) >= 11 is 0. The molecule has 1 aromatic rings. The summed E-state index contributed by atoms with van der Waals surface area (Å²) in [5.41, 5.74) is 0.960. The minimum atomic E-state index is -0.550. The summed E-state index contributed by atoms with van der Waals surface area (Å²) in [4.78, 5) is 36.1. The highest BCUT2D eigenvalue weighted by atomic mass is 16.5. The Morgan fingerprint density at radius 1 is 1.30 bits per heavy atom. The molecule has 0 saturated carbocycles. The third-order valence-corrected chi connectivity index (χ3v) is 5.93. The topological polar surface area (TPSA) is 68.5 Å². The van der Waals surface area contributed by atoms with Crippen LogP contribution in [0.5, 0.6) is 5.75 Å². The van der Waals surface area contributed by atoms with E-state index in [-0.39, 0.29) is 11.9 Å². The van der Waals surface area contributed by atoms with Gasteiger partial charge in [0.05, 0.1) is 20.2 Å². The maximum absolute atomic E-state index is 13.4. The van der Waals surface area contributed by atoms with E-state index in [9.17, 15) is 9.59 Å². The number of hydrogen-bond acceptors (Lipinski definition) is 5. The molecule has 1 fully saturated rings. The van der Waals surface area contributed by atoms with Gasteiger partial charge in [0.2, 0.25) is 11.9 Å². The van der Waals surface area contributed by atoms with Crippen LogP contribution in [0.3, 0.4) is 0 Å². The van der Waals surface area contributed by atoms with E-state index in [1.807, 2.05) is 24.3 Å². The SMILES string of the molecule is COc1cccc(N2CC(C)C[N+]3=C2N=C2C3C(=O)N(CCC(C)C)C(=O)N2C)c1. The average molecular weight is 413 g/mol. The number of ether oxygens (including phenoxy) is 1. The Labute approximate surface area is 177 Å². The van der Waals surface area contributed by atoms with Gasteiger partial charge in [-0.25, -0.2) is 14.3 Å². The number of anilines is 1. The number of amidine groups is 1. The fourth-order valence-electron chi connectivity index (χ4n) is 4.29. The molecule has 0 aliphatic carbocycles. The molecule has 4 rings (SSSR count). The number of amides is 3. The average Bonchev–Trinajstić information content (AvgIpc) is 3.11. The summed E-state index contributed by atoms with van der Waals surface area (Å²) in [5.74, 6) is 2.57. The molecule has 1 saturated heterocycles. The number of benzene rings is 1. The number of methoxy groups -OCH3 is 1. The van der Waals surface area contributed by atoms with Crippen molar-refractivity contribution in [3.63, 3.8) is 0 Å². The molecular formula is C22H30N5O3+. The van der Waals surface area contributed by atoms with E-state index in [0.29, 0.717) is 24.2 Å². The van der Waals surface area contributed by atoms with Gasteiger partial charge in [0.1, 0.15) is 11.4 Å². The largest absolute Gasteiger partial charge is 0.497 e. The molecule has 8 nitrogen and oxygen atoms in total. The number of fused-ring (bicyclic) bond motifs is 2. The highest BCUT2D eigenvalue weighted by molar-refractivity contribution is 6.24. The molecular weight excluding hydrogens is 382 g/mol. The number of imide groups is 1. The number of likely N-dealkylation sites (N-methyl/N-ethyl adjacent to an activating group) is 1. The normalized spacial score (nSPS) is 23.8. The van der Waals surface area contributed by atoms with Crippen LogP contribution in [0, 0.1) is 11.8 Å². The first-order valence-corrected chi connectivity index (χ1v) is 10.5. The molecule has 0 bridgehead atoms. The van der Waals surface area contributed by atoms with Crippen molar-refractivity contribution in [3.8, 4) is 5.75 Å². The van der Waals surface area contributed by atoms with Crippen molar-refractivity contribution in [3.05, 3.63) is 24.3 Å². The van der Waals surface area contributed by atoms with E-state index in [2.05, 4.69) is 30.2 Å². The molecule has 2 unspecified atom stereocenters. The number of hydrogen-bond donors (Lipinski definition) is 0. The highest BCUT2D eigenvalue weighted by Gasteiger charge is 2.55. The van der Waals surface area contributed by atoms with E-state index in [0.717, 1.165) is 36.9 Å². The van der Waals surface area contributed by atoms with Gasteiger partial charge in [-0.1, -0.05) is 31.8 Å². The second-order valence-electron chi connectivity index (χ2n) is 8.76. The molecule has 3 aliphatic rings. The Morgan fingerprint density at radius 3 is 2.77 bits per heavy atom. The zero-order chi connectivity index (χ0) is 21.6. The van der Waals surface area contributed by atoms with Crippen molar-refractivity contribution in [2.45, 2.75) is 33.2 Å². The van der Waals surface area contributed by atoms with E-state index < -0.39 is 6.04 Å². The van der Waals surface area contributed by atoms with E-state index in [1.165, 1.54) is 9.80 Å². The van der Waals surface area contributed by atoms with Crippen LogP contribution in [0.25, 0.3) is 0 Å². The first-order chi connectivity index (χ1) is 14.3. The van der Waals surface area contributed by atoms with Crippen LogP contribution >= 0.6 is 0 Å². The summed E-state index contributed by atoms with van der Waals surface area (Å²) in [7, 11) is 3.36. The van der Waals surface area contributed by atoms with Crippen LogP contribution in [-0.2, 0) is 4.79 Å². The summed E-state index contributed by atoms with van der Waals surface area (Å²) in [6.45, 7) is 8.29. The first kappa shape index (κ1) is 20.4. The molecule has 0 radical (unpaired) electrons. The Kier molecular flexibility index (Phi) is 5.26. The number of nitrogens with zero attached hydrogens (tertiary/aromatic N) is 5. The number of urea groups is 1. The second kappa shape index (κ2) is 7.74. The van der Waals surface area contributed by atoms with Crippen molar-refractivity contribution in [1.29, 1.82) is 0 Å². The third-order valence-electron chi connectivity index (χ3n) is 5.93. The summed E-state index contributed by atoms with van der Waals surface area (Å²) in [6.07, 6.45) is 0.785. The van der Waals surface area contributed by atoms with Gasteiger partial charge in [0.15, 0.2) is 0 Å². The Balaban J connectivity index is 1.73. The first-order valence-electron chi connectivity index (χ1n) is 10.5. The Hall–Kier alpha value is -2.90. The van der Waals surface area contributed by atoms with Gasteiger partial charge in [-0.2, -0.15) is 0 Å². The lowest BCUT2D eigenvalue weighted by Crippen LogP contribution is -2.63. The maximum atomic E-state index is 13.4. The van der Waals surface area contributed by atoms with Crippen molar-refractivity contribution < 1.29 is 18.9 Å². The zero-order valence-electron chi connectivity index (χ0n) is 18.3. The van der Waals surface area contributed by atoms with Crippen molar-refractivity contribution in [2.24, 2.45) is 16.8 Å². The van der Waals surface area contributed by atoms with Crippen LogP contribution in [0.2, 0.25) is 0 Å². The number of rotatable bonds is 5. The van der Waals surface area contributed by atoms with Crippen LogP contribution in [0.1, 0.15) is 27.2 Å². The maximum Gasteiger partial charge on any atom is 0.397 e. The number of aliphatic imine (C=N–C) groups is 1. The molecule has 0 N–H and O–H groups in total. The molecule has 3 aliphatic heterocycles.